The lowest BCUT2D eigenvalue weighted by Crippen LogP contribution is -2.48. The van der Waals surface area contributed by atoms with E-state index in [4.69, 9.17) is 10.5 Å². The van der Waals surface area contributed by atoms with Gasteiger partial charge in [0.25, 0.3) is 0 Å². The minimum atomic E-state index is -0.472. The number of nitrogens with two attached hydrogens (primary N) is 1. The average molecular weight is 187 g/mol. The summed E-state index contributed by atoms with van der Waals surface area (Å²) >= 11 is 0. The number of urea groups is 1. The van der Waals surface area contributed by atoms with E-state index >= 15 is 0 Å². The summed E-state index contributed by atoms with van der Waals surface area (Å²) in [5.41, 5.74) is 5.18. The minimum Gasteiger partial charge on any atom is -0.380 e. The standard InChI is InChI=1S/C8H17N3O2/c1-8(5-13-6-8)4-10-2-3-11-7(9)12/h10H,2-6H2,1H3,(H3,9,11,12). The zero-order valence-corrected chi connectivity index (χ0v) is 7.93. The number of primary amides is 1. The van der Waals surface area contributed by atoms with E-state index in [0.29, 0.717) is 6.54 Å². The van der Waals surface area contributed by atoms with Crippen LogP contribution in [0.2, 0.25) is 0 Å². The van der Waals surface area contributed by atoms with Gasteiger partial charge in [-0.05, 0) is 0 Å². The third kappa shape index (κ3) is 3.61. The van der Waals surface area contributed by atoms with Gasteiger partial charge >= 0.3 is 6.03 Å². The largest absolute Gasteiger partial charge is 0.380 e. The SMILES string of the molecule is CC1(CNCCNC(N)=O)COC1. The molecule has 0 unspecified atom stereocenters. The first-order chi connectivity index (χ1) is 6.12. The highest BCUT2D eigenvalue weighted by Gasteiger charge is 2.32. The molecule has 1 saturated heterocycles. The monoisotopic (exact) mass is 187 g/mol. The quantitative estimate of drug-likeness (QED) is 0.497. The molecule has 0 aromatic carbocycles. The van der Waals surface area contributed by atoms with Crippen LogP contribution in [0.4, 0.5) is 4.79 Å². The van der Waals surface area contributed by atoms with Gasteiger partial charge in [-0.25, -0.2) is 4.79 Å². The summed E-state index contributed by atoms with van der Waals surface area (Å²) in [6.07, 6.45) is 0. The molecule has 0 aliphatic carbocycles. The molecule has 76 valence electrons. The van der Waals surface area contributed by atoms with E-state index in [1.807, 2.05) is 0 Å². The van der Waals surface area contributed by atoms with Gasteiger partial charge in [-0.3, -0.25) is 0 Å². The predicted molar refractivity (Wildman–Crippen MR) is 49.4 cm³/mol. The second-order valence-electron chi connectivity index (χ2n) is 3.77. The molecule has 0 bridgehead atoms. The number of hydrogen-bond acceptors (Lipinski definition) is 3. The summed E-state index contributed by atoms with van der Waals surface area (Å²) in [7, 11) is 0. The Morgan fingerprint density at radius 2 is 2.23 bits per heavy atom. The van der Waals surface area contributed by atoms with Crippen molar-refractivity contribution >= 4 is 6.03 Å². The lowest BCUT2D eigenvalue weighted by atomic mass is 9.89. The van der Waals surface area contributed by atoms with Crippen LogP contribution in [-0.4, -0.2) is 38.9 Å². The third-order valence-electron chi connectivity index (χ3n) is 2.05. The maximum absolute atomic E-state index is 10.3. The normalized spacial score (nSPS) is 19.2. The van der Waals surface area contributed by atoms with Gasteiger partial charge in [0.2, 0.25) is 0 Å². The second kappa shape index (κ2) is 4.43. The summed E-state index contributed by atoms with van der Waals surface area (Å²) in [5, 5.41) is 5.75. The van der Waals surface area contributed by atoms with Crippen molar-refractivity contribution in [1.82, 2.24) is 10.6 Å². The fourth-order valence-electron chi connectivity index (χ4n) is 1.22. The molecule has 5 nitrogen and oxygen atoms in total. The molecular formula is C8H17N3O2. The van der Waals surface area contributed by atoms with Crippen molar-refractivity contribution in [2.75, 3.05) is 32.8 Å². The number of carbonyl (C=O) groups excluding carboxylic acids is 1. The molecule has 4 N–H and O–H groups in total. The smallest absolute Gasteiger partial charge is 0.312 e. The van der Waals surface area contributed by atoms with Crippen LogP contribution in [0.25, 0.3) is 0 Å². The Morgan fingerprint density at radius 3 is 2.69 bits per heavy atom. The number of carbonyl (C=O) groups is 1. The highest BCUT2D eigenvalue weighted by atomic mass is 16.5. The Bertz CT molecular complexity index is 180. The molecule has 2 amide bonds. The van der Waals surface area contributed by atoms with Crippen molar-refractivity contribution in [3.63, 3.8) is 0 Å². The summed E-state index contributed by atoms with van der Waals surface area (Å²) < 4.78 is 5.10. The lowest BCUT2D eigenvalue weighted by molar-refractivity contribution is -0.0988. The third-order valence-corrected chi connectivity index (χ3v) is 2.05. The van der Waals surface area contributed by atoms with Crippen LogP contribution in [0.5, 0.6) is 0 Å². The van der Waals surface area contributed by atoms with Crippen molar-refractivity contribution in [2.24, 2.45) is 11.1 Å². The Balaban J connectivity index is 1.92. The summed E-state index contributed by atoms with van der Waals surface area (Å²) in [5.74, 6) is 0. The fourth-order valence-corrected chi connectivity index (χ4v) is 1.22. The first kappa shape index (κ1) is 10.3. The van der Waals surface area contributed by atoms with E-state index in [2.05, 4.69) is 17.6 Å². The number of rotatable bonds is 5. The van der Waals surface area contributed by atoms with E-state index in [-0.39, 0.29) is 5.41 Å². The van der Waals surface area contributed by atoms with Gasteiger partial charge in [0.1, 0.15) is 0 Å². The zero-order chi connectivity index (χ0) is 9.73. The van der Waals surface area contributed by atoms with Crippen LogP contribution in [0.15, 0.2) is 0 Å². The number of hydrogen-bond donors (Lipinski definition) is 3. The molecule has 0 aromatic rings. The summed E-state index contributed by atoms with van der Waals surface area (Å²) in [6, 6.07) is -0.472. The highest BCUT2D eigenvalue weighted by Crippen LogP contribution is 2.24. The van der Waals surface area contributed by atoms with Crippen LogP contribution < -0.4 is 16.4 Å². The van der Waals surface area contributed by atoms with Crippen molar-refractivity contribution in [2.45, 2.75) is 6.92 Å². The Labute approximate surface area is 78.0 Å². The first-order valence-corrected chi connectivity index (χ1v) is 4.44. The van der Waals surface area contributed by atoms with Crippen LogP contribution in [0.3, 0.4) is 0 Å². The summed E-state index contributed by atoms with van der Waals surface area (Å²) in [6.45, 7) is 6.07. The maximum Gasteiger partial charge on any atom is 0.312 e. The van der Waals surface area contributed by atoms with Gasteiger partial charge < -0.3 is 21.1 Å². The average Bonchev–Trinajstić information content (AvgIpc) is 2.00. The second-order valence-corrected chi connectivity index (χ2v) is 3.77. The van der Waals surface area contributed by atoms with E-state index in [9.17, 15) is 4.79 Å². The van der Waals surface area contributed by atoms with E-state index in [1.165, 1.54) is 0 Å². The van der Waals surface area contributed by atoms with Gasteiger partial charge in [0.15, 0.2) is 0 Å². The fraction of sp³-hybridized carbons (Fsp3) is 0.875. The topological polar surface area (TPSA) is 76.4 Å². The van der Waals surface area contributed by atoms with Gasteiger partial charge in [-0.2, -0.15) is 0 Å². The predicted octanol–water partition coefficient (Wildman–Crippen LogP) is -0.719. The summed E-state index contributed by atoms with van der Waals surface area (Å²) in [4.78, 5) is 10.3. The van der Waals surface area contributed by atoms with Gasteiger partial charge in [-0.1, -0.05) is 6.92 Å². The van der Waals surface area contributed by atoms with Crippen molar-refractivity contribution < 1.29 is 9.53 Å². The van der Waals surface area contributed by atoms with E-state index < -0.39 is 6.03 Å². The number of ether oxygens (including phenoxy) is 1. The Morgan fingerprint density at radius 1 is 1.54 bits per heavy atom. The van der Waals surface area contributed by atoms with Gasteiger partial charge in [0, 0.05) is 25.0 Å². The van der Waals surface area contributed by atoms with Crippen LogP contribution in [0.1, 0.15) is 6.92 Å². The zero-order valence-electron chi connectivity index (χ0n) is 7.93. The molecule has 1 heterocycles. The van der Waals surface area contributed by atoms with Crippen molar-refractivity contribution in [3.05, 3.63) is 0 Å². The molecule has 0 aromatic heterocycles. The van der Waals surface area contributed by atoms with E-state index in [0.717, 1.165) is 26.3 Å². The Hall–Kier alpha value is -0.810. The molecule has 0 atom stereocenters. The number of amides is 2. The first-order valence-electron chi connectivity index (χ1n) is 4.44. The van der Waals surface area contributed by atoms with Crippen molar-refractivity contribution in [1.29, 1.82) is 0 Å². The Kier molecular flexibility index (Phi) is 3.50. The maximum atomic E-state index is 10.3. The molecule has 1 fully saturated rings. The molecule has 0 saturated carbocycles. The van der Waals surface area contributed by atoms with Crippen LogP contribution in [0, 0.1) is 5.41 Å². The highest BCUT2D eigenvalue weighted by molar-refractivity contribution is 5.71. The number of nitrogens with one attached hydrogen (secondary N) is 2. The van der Waals surface area contributed by atoms with Gasteiger partial charge in [-0.15, -0.1) is 0 Å². The van der Waals surface area contributed by atoms with Gasteiger partial charge in [0.05, 0.1) is 13.2 Å². The molecule has 1 aliphatic heterocycles. The van der Waals surface area contributed by atoms with E-state index in [1.54, 1.807) is 0 Å². The molecule has 1 rings (SSSR count). The van der Waals surface area contributed by atoms with Crippen molar-refractivity contribution in [3.8, 4) is 0 Å². The molecule has 5 heteroatoms. The molecule has 13 heavy (non-hydrogen) atoms. The molecular weight excluding hydrogens is 170 g/mol. The van der Waals surface area contributed by atoms with Crippen LogP contribution >= 0.6 is 0 Å². The lowest BCUT2D eigenvalue weighted by Gasteiger charge is -2.38. The van der Waals surface area contributed by atoms with Crippen LogP contribution in [-0.2, 0) is 4.74 Å². The molecule has 0 spiro atoms. The minimum absolute atomic E-state index is 0.284. The molecule has 1 aliphatic rings. The molecule has 0 radical (unpaired) electrons.